The molecule has 0 bridgehead atoms. The van der Waals surface area contributed by atoms with Crippen molar-refractivity contribution in [2.75, 3.05) is 0 Å². The average molecular weight is 393 g/mol. The van der Waals surface area contributed by atoms with Gasteiger partial charge in [-0.3, -0.25) is 4.79 Å². The van der Waals surface area contributed by atoms with Gasteiger partial charge in [0.15, 0.2) is 0 Å². The van der Waals surface area contributed by atoms with E-state index in [0.29, 0.717) is 11.1 Å². The molecular weight excluding hydrogens is 373 g/mol. The predicted octanol–water partition coefficient (Wildman–Crippen LogP) is 3.45. The van der Waals surface area contributed by atoms with Gasteiger partial charge in [-0.1, -0.05) is 19.9 Å². The third-order valence-corrected chi connectivity index (χ3v) is 4.56. The lowest BCUT2D eigenvalue weighted by Crippen LogP contribution is -2.45. The number of rotatable bonds is 6. The molecule has 6 nitrogen and oxygen atoms in total. The van der Waals surface area contributed by atoms with E-state index in [-0.39, 0.29) is 18.1 Å². The number of halogens is 1. The van der Waals surface area contributed by atoms with Gasteiger partial charge in [0.25, 0.3) is 5.91 Å². The van der Waals surface area contributed by atoms with Crippen molar-refractivity contribution in [3.63, 3.8) is 0 Å². The van der Waals surface area contributed by atoms with Gasteiger partial charge in [-0.05, 0) is 42.3 Å². The zero-order valence-electron chi connectivity index (χ0n) is 16.1. The second-order valence-electron chi connectivity index (χ2n) is 6.94. The van der Waals surface area contributed by atoms with Gasteiger partial charge in [-0.2, -0.15) is 5.26 Å². The first kappa shape index (κ1) is 20.1. The first-order valence-electron chi connectivity index (χ1n) is 9.12. The summed E-state index contributed by atoms with van der Waals surface area (Å²) in [7, 11) is 0. The largest absolute Gasteiger partial charge is 0.459 e. The Bertz CT molecular complexity index is 1080. The lowest BCUT2D eigenvalue weighted by molar-refractivity contribution is -0.148. The molecule has 1 atom stereocenters. The van der Waals surface area contributed by atoms with Crippen molar-refractivity contribution >= 4 is 17.4 Å². The van der Waals surface area contributed by atoms with Crippen LogP contribution in [0, 0.1) is 23.1 Å². The highest BCUT2D eigenvalue weighted by molar-refractivity contribution is 5.96. The summed E-state index contributed by atoms with van der Waals surface area (Å²) in [5.41, 5.74) is 2.00. The fourth-order valence-electron chi connectivity index (χ4n) is 2.98. The van der Waals surface area contributed by atoms with Crippen molar-refractivity contribution in [3.05, 3.63) is 77.4 Å². The maximum Gasteiger partial charge on any atom is 0.329 e. The molecule has 2 aromatic heterocycles. The maximum absolute atomic E-state index is 13.0. The van der Waals surface area contributed by atoms with Crippen LogP contribution in [0.5, 0.6) is 0 Å². The lowest BCUT2D eigenvalue weighted by atomic mass is 10.0. The van der Waals surface area contributed by atoms with Crippen molar-refractivity contribution in [3.8, 4) is 6.07 Å². The Morgan fingerprint density at radius 3 is 2.59 bits per heavy atom. The van der Waals surface area contributed by atoms with Gasteiger partial charge >= 0.3 is 5.97 Å². The van der Waals surface area contributed by atoms with Gasteiger partial charge in [-0.15, -0.1) is 0 Å². The van der Waals surface area contributed by atoms with Crippen LogP contribution in [0.1, 0.15) is 35.3 Å². The van der Waals surface area contributed by atoms with Gasteiger partial charge in [0, 0.05) is 23.5 Å². The van der Waals surface area contributed by atoms with Gasteiger partial charge < -0.3 is 14.5 Å². The lowest BCUT2D eigenvalue weighted by Gasteiger charge is -2.21. The van der Waals surface area contributed by atoms with Crippen LogP contribution in [0.25, 0.3) is 5.52 Å². The van der Waals surface area contributed by atoms with Crippen LogP contribution in [-0.2, 0) is 16.1 Å². The Hall–Kier alpha value is -3.66. The number of amides is 1. The molecule has 1 unspecified atom stereocenters. The van der Waals surface area contributed by atoms with E-state index < -0.39 is 23.7 Å². The number of pyridine rings is 1. The number of aromatic nitrogens is 1. The number of hydrogen-bond donors (Lipinski definition) is 1. The number of nitriles is 1. The first-order chi connectivity index (χ1) is 13.9. The molecule has 0 radical (unpaired) electrons. The zero-order valence-corrected chi connectivity index (χ0v) is 16.1. The molecule has 0 saturated heterocycles. The molecule has 0 aliphatic heterocycles. The van der Waals surface area contributed by atoms with E-state index in [1.807, 2.05) is 18.2 Å². The third-order valence-electron chi connectivity index (χ3n) is 4.56. The molecule has 29 heavy (non-hydrogen) atoms. The van der Waals surface area contributed by atoms with Gasteiger partial charge in [0.1, 0.15) is 24.5 Å². The van der Waals surface area contributed by atoms with Crippen LogP contribution in [-0.4, -0.2) is 22.3 Å². The van der Waals surface area contributed by atoms with Crippen LogP contribution in [0.3, 0.4) is 0 Å². The molecule has 0 aliphatic carbocycles. The summed E-state index contributed by atoms with van der Waals surface area (Å²) in [6.07, 6.45) is 3.55. The fraction of sp³-hybridized carbons (Fsp3) is 0.227. The monoisotopic (exact) mass is 393 g/mol. The van der Waals surface area contributed by atoms with Crippen LogP contribution in [0.15, 0.2) is 54.9 Å². The molecule has 1 N–H and O–H groups in total. The smallest absolute Gasteiger partial charge is 0.329 e. The maximum atomic E-state index is 13.0. The second-order valence-corrected chi connectivity index (χ2v) is 6.94. The van der Waals surface area contributed by atoms with Gasteiger partial charge in [-0.25, -0.2) is 9.18 Å². The molecule has 2 heterocycles. The minimum absolute atomic E-state index is 0.0843. The molecule has 1 aromatic carbocycles. The molecule has 7 heteroatoms. The molecular formula is C22H20FN3O3. The number of nitrogens with zero attached hydrogens (tertiary/aromatic N) is 2. The Morgan fingerprint density at radius 1 is 1.21 bits per heavy atom. The SMILES string of the molecule is CC(C)C(NC(=O)c1ccc(F)cc1)C(=O)OCc1cn2ccccc2c1C#N. The number of carbonyl (C=O) groups is 2. The standard InChI is InChI=1S/C22H20FN3O3/c1-14(2)20(25-21(27)15-6-8-17(23)9-7-15)22(28)29-13-16-12-26-10-4-3-5-19(26)18(16)11-24/h3-10,12,14,20H,13H2,1-2H3,(H,25,27). The number of fused-ring (bicyclic) bond motifs is 1. The summed E-state index contributed by atoms with van der Waals surface area (Å²) >= 11 is 0. The number of carbonyl (C=O) groups excluding carboxylic acids is 2. The number of nitrogens with one attached hydrogen (secondary N) is 1. The molecule has 0 fully saturated rings. The molecule has 148 valence electrons. The average Bonchev–Trinajstić information content (AvgIpc) is 3.07. The Labute approximate surface area is 167 Å². The van der Waals surface area contributed by atoms with Gasteiger partial charge in [0.2, 0.25) is 0 Å². The van der Waals surface area contributed by atoms with E-state index in [1.165, 1.54) is 24.3 Å². The Balaban J connectivity index is 1.71. The Kier molecular flexibility index (Phi) is 5.93. The number of ether oxygens (including phenoxy) is 1. The highest BCUT2D eigenvalue weighted by Crippen LogP contribution is 2.19. The number of esters is 1. The van der Waals surface area contributed by atoms with Crippen molar-refractivity contribution in [2.24, 2.45) is 5.92 Å². The molecule has 3 aromatic rings. The van der Waals surface area contributed by atoms with Crippen molar-refractivity contribution in [2.45, 2.75) is 26.5 Å². The van der Waals surface area contributed by atoms with E-state index in [2.05, 4.69) is 11.4 Å². The van der Waals surface area contributed by atoms with Crippen LogP contribution in [0.2, 0.25) is 0 Å². The fourth-order valence-corrected chi connectivity index (χ4v) is 2.98. The summed E-state index contributed by atoms with van der Waals surface area (Å²) in [4.78, 5) is 25.0. The van der Waals surface area contributed by atoms with Crippen LogP contribution in [0.4, 0.5) is 4.39 Å². The topological polar surface area (TPSA) is 83.6 Å². The van der Waals surface area contributed by atoms with Crippen molar-refractivity contribution < 1.29 is 18.7 Å². The van der Waals surface area contributed by atoms with Crippen LogP contribution >= 0.6 is 0 Å². The van der Waals surface area contributed by atoms with Crippen LogP contribution < -0.4 is 5.32 Å². The van der Waals surface area contributed by atoms with E-state index in [4.69, 9.17) is 4.74 Å². The number of benzene rings is 1. The van der Waals surface area contributed by atoms with Crippen molar-refractivity contribution in [1.29, 1.82) is 5.26 Å². The molecule has 0 aliphatic rings. The van der Waals surface area contributed by atoms with E-state index in [1.54, 1.807) is 30.6 Å². The molecule has 3 rings (SSSR count). The highest BCUT2D eigenvalue weighted by Gasteiger charge is 2.26. The summed E-state index contributed by atoms with van der Waals surface area (Å²) in [6.45, 7) is 3.48. The van der Waals surface area contributed by atoms with E-state index >= 15 is 0 Å². The minimum Gasteiger partial charge on any atom is -0.459 e. The Morgan fingerprint density at radius 2 is 1.93 bits per heavy atom. The summed E-state index contributed by atoms with van der Waals surface area (Å²) in [5.74, 6) is -1.77. The summed E-state index contributed by atoms with van der Waals surface area (Å²) in [6, 6.07) is 11.8. The normalized spacial score (nSPS) is 11.8. The summed E-state index contributed by atoms with van der Waals surface area (Å²) in [5, 5.41) is 12.1. The minimum atomic E-state index is -0.880. The summed E-state index contributed by atoms with van der Waals surface area (Å²) < 4.78 is 20.2. The first-order valence-corrected chi connectivity index (χ1v) is 9.12. The van der Waals surface area contributed by atoms with Gasteiger partial charge in [0.05, 0.1) is 11.1 Å². The predicted molar refractivity (Wildman–Crippen MR) is 104 cm³/mol. The third kappa shape index (κ3) is 4.43. The van der Waals surface area contributed by atoms with E-state index in [0.717, 1.165) is 5.52 Å². The second kappa shape index (κ2) is 8.57. The number of hydrogen-bond acceptors (Lipinski definition) is 4. The quantitative estimate of drug-likeness (QED) is 0.650. The molecule has 0 saturated carbocycles. The van der Waals surface area contributed by atoms with Crippen molar-refractivity contribution in [1.82, 2.24) is 9.72 Å². The molecule has 1 amide bonds. The zero-order chi connectivity index (χ0) is 21.0. The highest BCUT2D eigenvalue weighted by atomic mass is 19.1. The molecule has 0 spiro atoms. The van der Waals surface area contributed by atoms with E-state index in [9.17, 15) is 19.2 Å².